The number of pyridine rings is 1. The molecule has 0 spiro atoms. The van der Waals surface area contributed by atoms with Crippen LogP contribution in [0.15, 0.2) is 42.6 Å². The minimum atomic E-state index is -0.451. The number of methoxy groups -OCH3 is 1. The van der Waals surface area contributed by atoms with Crippen molar-refractivity contribution in [2.45, 2.75) is 31.8 Å². The summed E-state index contributed by atoms with van der Waals surface area (Å²) in [6.07, 6.45) is 3.85. The lowest BCUT2D eigenvalue weighted by Crippen LogP contribution is -2.52. The number of hydrogen-bond donors (Lipinski definition) is 0. The molecule has 2 saturated heterocycles. The molecule has 5 rings (SSSR count). The van der Waals surface area contributed by atoms with Gasteiger partial charge >= 0.3 is 0 Å². The monoisotopic (exact) mass is 530 g/mol. The van der Waals surface area contributed by atoms with Crippen LogP contribution in [0.1, 0.15) is 19.8 Å². The topological polar surface area (TPSA) is 57.6 Å². The summed E-state index contributed by atoms with van der Waals surface area (Å²) in [6.45, 7) is 5.91. The van der Waals surface area contributed by atoms with E-state index >= 15 is 0 Å². The van der Waals surface area contributed by atoms with Crippen molar-refractivity contribution in [3.8, 4) is 11.3 Å². The fourth-order valence-electron chi connectivity index (χ4n) is 5.07. The Morgan fingerprint density at radius 3 is 2.67 bits per heavy atom. The Bertz CT molecular complexity index is 1230. The SMILES string of the molecule is COC[C@@H]1CCCN1c1nc(-c2ccc(F)c(Cl)c2)cc(N2CCN(c3ncccc3Cl)C[C@H]2C)n1. The van der Waals surface area contributed by atoms with E-state index in [-0.39, 0.29) is 17.1 Å². The molecule has 0 saturated carbocycles. The Morgan fingerprint density at radius 2 is 1.92 bits per heavy atom. The molecule has 0 N–H and O–H groups in total. The van der Waals surface area contributed by atoms with Crippen molar-refractivity contribution in [2.24, 2.45) is 0 Å². The second-order valence-corrected chi connectivity index (χ2v) is 10.1. The van der Waals surface area contributed by atoms with Crippen molar-refractivity contribution in [2.75, 3.05) is 54.6 Å². The molecule has 0 radical (unpaired) electrons. The van der Waals surface area contributed by atoms with E-state index in [0.29, 0.717) is 23.3 Å². The fraction of sp³-hybridized carbons (Fsp3) is 0.423. The van der Waals surface area contributed by atoms with Gasteiger partial charge in [-0.15, -0.1) is 0 Å². The summed E-state index contributed by atoms with van der Waals surface area (Å²) in [4.78, 5) is 21.1. The minimum absolute atomic E-state index is 0.0712. The van der Waals surface area contributed by atoms with E-state index in [2.05, 4.69) is 26.6 Å². The van der Waals surface area contributed by atoms with E-state index in [1.165, 1.54) is 6.07 Å². The van der Waals surface area contributed by atoms with Crippen LogP contribution in [0.5, 0.6) is 0 Å². The van der Waals surface area contributed by atoms with Gasteiger partial charge in [0.1, 0.15) is 17.5 Å². The number of piperazine rings is 1. The zero-order valence-electron chi connectivity index (χ0n) is 20.4. The Hall–Kier alpha value is -2.68. The number of halogens is 3. The first-order chi connectivity index (χ1) is 17.4. The summed E-state index contributed by atoms with van der Waals surface area (Å²) >= 11 is 12.5. The van der Waals surface area contributed by atoms with Crippen LogP contribution in [0.25, 0.3) is 11.3 Å². The lowest BCUT2D eigenvalue weighted by Gasteiger charge is -2.41. The number of benzene rings is 1. The normalized spacial score (nSPS) is 20.3. The van der Waals surface area contributed by atoms with Crippen LogP contribution in [-0.2, 0) is 4.74 Å². The fourth-order valence-corrected chi connectivity index (χ4v) is 5.49. The summed E-state index contributed by atoms with van der Waals surface area (Å²) < 4.78 is 19.3. The lowest BCUT2D eigenvalue weighted by molar-refractivity contribution is 0.180. The maximum Gasteiger partial charge on any atom is 0.228 e. The van der Waals surface area contributed by atoms with Crippen LogP contribution in [0.2, 0.25) is 10.0 Å². The summed E-state index contributed by atoms with van der Waals surface area (Å²) in [6, 6.07) is 10.7. The van der Waals surface area contributed by atoms with Gasteiger partial charge in [-0.3, -0.25) is 0 Å². The molecule has 1 aromatic carbocycles. The average molecular weight is 531 g/mol. The third-order valence-corrected chi connectivity index (χ3v) is 7.45. The second kappa shape index (κ2) is 10.7. The van der Waals surface area contributed by atoms with Crippen LogP contribution in [0, 0.1) is 5.82 Å². The highest BCUT2D eigenvalue weighted by molar-refractivity contribution is 6.33. The maximum atomic E-state index is 13.9. The summed E-state index contributed by atoms with van der Waals surface area (Å²) in [5, 5.41) is 0.720. The van der Waals surface area contributed by atoms with Gasteiger partial charge in [-0.05, 0) is 50.1 Å². The summed E-state index contributed by atoms with van der Waals surface area (Å²) in [5.41, 5.74) is 1.46. The van der Waals surface area contributed by atoms with Crippen molar-refractivity contribution >= 4 is 40.8 Å². The average Bonchev–Trinajstić information content (AvgIpc) is 3.34. The van der Waals surface area contributed by atoms with Gasteiger partial charge in [0.15, 0.2) is 0 Å². The first-order valence-electron chi connectivity index (χ1n) is 12.2. The highest BCUT2D eigenvalue weighted by Gasteiger charge is 2.31. The minimum Gasteiger partial charge on any atom is -0.383 e. The van der Waals surface area contributed by atoms with Gasteiger partial charge < -0.3 is 19.4 Å². The van der Waals surface area contributed by atoms with E-state index in [0.717, 1.165) is 56.2 Å². The Morgan fingerprint density at radius 1 is 1.06 bits per heavy atom. The predicted octanol–water partition coefficient (Wildman–Crippen LogP) is 5.31. The van der Waals surface area contributed by atoms with Gasteiger partial charge in [0.2, 0.25) is 5.95 Å². The molecular formula is C26H29Cl2FN6O. The highest BCUT2D eigenvalue weighted by atomic mass is 35.5. The maximum absolute atomic E-state index is 13.9. The van der Waals surface area contributed by atoms with Crippen molar-refractivity contribution in [1.29, 1.82) is 0 Å². The summed E-state index contributed by atoms with van der Waals surface area (Å²) in [5.74, 6) is 1.84. The van der Waals surface area contributed by atoms with Crippen molar-refractivity contribution in [3.05, 3.63) is 58.5 Å². The van der Waals surface area contributed by atoms with Gasteiger partial charge in [-0.2, -0.15) is 4.98 Å². The number of aromatic nitrogens is 3. The van der Waals surface area contributed by atoms with Gasteiger partial charge in [0, 0.05) is 57.2 Å². The molecule has 36 heavy (non-hydrogen) atoms. The molecule has 10 heteroatoms. The van der Waals surface area contributed by atoms with Gasteiger partial charge in [0.05, 0.1) is 28.4 Å². The standard InChI is InChI=1S/C26H29Cl2FN6O/c1-17-15-33(25-20(27)6-3-9-30-25)11-12-34(17)24-14-23(18-7-8-22(29)21(28)13-18)31-26(32-24)35-10-4-5-19(35)16-36-2/h3,6-9,13-14,17,19H,4-5,10-12,15-16H2,1-2H3/t17-,19+/m1/s1. The first kappa shape index (κ1) is 25.0. The molecule has 3 aromatic rings. The zero-order chi connectivity index (χ0) is 25.2. The molecule has 2 aromatic heterocycles. The molecular weight excluding hydrogens is 502 g/mol. The molecule has 2 aliphatic heterocycles. The molecule has 2 fully saturated rings. The van der Waals surface area contributed by atoms with E-state index in [9.17, 15) is 4.39 Å². The van der Waals surface area contributed by atoms with Crippen LogP contribution in [0.3, 0.4) is 0 Å². The molecule has 2 aliphatic rings. The summed E-state index contributed by atoms with van der Waals surface area (Å²) in [7, 11) is 1.72. The lowest BCUT2D eigenvalue weighted by atomic mass is 10.1. The van der Waals surface area contributed by atoms with E-state index in [1.807, 2.05) is 18.2 Å². The van der Waals surface area contributed by atoms with Crippen LogP contribution >= 0.6 is 23.2 Å². The number of rotatable bonds is 6. The molecule has 190 valence electrons. The molecule has 4 heterocycles. The third kappa shape index (κ3) is 5.08. The molecule has 0 bridgehead atoms. The van der Waals surface area contributed by atoms with Gasteiger partial charge in [-0.25, -0.2) is 14.4 Å². The van der Waals surface area contributed by atoms with E-state index in [4.69, 9.17) is 37.9 Å². The Labute approximate surface area is 220 Å². The molecule has 0 amide bonds. The van der Waals surface area contributed by atoms with E-state index < -0.39 is 5.82 Å². The van der Waals surface area contributed by atoms with Crippen molar-refractivity contribution in [3.63, 3.8) is 0 Å². The first-order valence-corrected chi connectivity index (χ1v) is 12.9. The Balaban J connectivity index is 1.49. The zero-order valence-corrected chi connectivity index (χ0v) is 21.9. The number of ether oxygens (including phenoxy) is 1. The third-order valence-electron chi connectivity index (χ3n) is 6.87. The molecule has 2 atom stereocenters. The smallest absolute Gasteiger partial charge is 0.228 e. The quantitative estimate of drug-likeness (QED) is 0.427. The number of hydrogen-bond acceptors (Lipinski definition) is 7. The van der Waals surface area contributed by atoms with Crippen LogP contribution < -0.4 is 14.7 Å². The van der Waals surface area contributed by atoms with Gasteiger partial charge in [0.25, 0.3) is 0 Å². The second-order valence-electron chi connectivity index (χ2n) is 9.28. The van der Waals surface area contributed by atoms with Gasteiger partial charge in [-0.1, -0.05) is 23.2 Å². The molecule has 0 unspecified atom stereocenters. The highest BCUT2D eigenvalue weighted by Crippen LogP contribution is 2.33. The van der Waals surface area contributed by atoms with Crippen LogP contribution in [0.4, 0.5) is 22.0 Å². The van der Waals surface area contributed by atoms with Crippen LogP contribution in [-0.4, -0.2) is 66.9 Å². The van der Waals surface area contributed by atoms with Crippen molar-refractivity contribution in [1.82, 2.24) is 15.0 Å². The molecule has 0 aliphatic carbocycles. The van der Waals surface area contributed by atoms with E-state index in [1.54, 1.807) is 25.4 Å². The Kier molecular flexibility index (Phi) is 7.46. The molecule has 7 nitrogen and oxygen atoms in total. The largest absolute Gasteiger partial charge is 0.383 e. The predicted molar refractivity (Wildman–Crippen MR) is 143 cm³/mol. The number of anilines is 3. The van der Waals surface area contributed by atoms with Crippen molar-refractivity contribution < 1.29 is 9.13 Å². The number of nitrogens with zero attached hydrogens (tertiary/aromatic N) is 6.